The molecule has 36 heavy (non-hydrogen) atoms. The minimum Gasteiger partial charge on any atom is -0.493 e. The van der Waals surface area contributed by atoms with Crippen LogP contribution >= 0.6 is 39.1 Å². The van der Waals surface area contributed by atoms with E-state index in [-0.39, 0.29) is 16.5 Å². The van der Waals surface area contributed by atoms with Crippen molar-refractivity contribution in [2.75, 3.05) is 20.8 Å². The fraction of sp³-hybridized carbons (Fsp3) is 0.167. The normalized spacial score (nSPS) is 11.6. The molecule has 3 rings (SSSR count). The van der Waals surface area contributed by atoms with Crippen molar-refractivity contribution >= 4 is 61.3 Å². The highest BCUT2D eigenvalue weighted by molar-refractivity contribution is 9.10. The molecule has 0 heterocycles. The number of benzene rings is 3. The van der Waals surface area contributed by atoms with Crippen LogP contribution in [0.5, 0.6) is 11.5 Å². The van der Waals surface area contributed by atoms with Gasteiger partial charge in [-0.1, -0.05) is 51.3 Å². The third-order valence-corrected chi connectivity index (χ3v) is 7.88. The maximum atomic E-state index is 13.4. The molecule has 0 spiro atoms. The van der Waals surface area contributed by atoms with Gasteiger partial charge in [0, 0.05) is 26.6 Å². The van der Waals surface area contributed by atoms with Crippen molar-refractivity contribution in [2.45, 2.75) is 11.4 Å². The first-order valence-electron chi connectivity index (χ1n) is 10.4. The van der Waals surface area contributed by atoms with Gasteiger partial charge >= 0.3 is 0 Å². The molecule has 0 saturated heterocycles. The van der Waals surface area contributed by atoms with Gasteiger partial charge in [-0.05, 0) is 54.1 Å². The van der Waals surface area contributed by atoms with Crippen LogP contribution in [0.15, 0.2) is 75.1 Å². The minimum absolute atomic E-state index is 0.0215. The number of nitrogens with zero attached hydrogens (tertiary/aromatic N) is 2. The van der Waals surface area contributed by atoms with Crippen molar-refractivity contribution in [3.05, 3.63) is 86.3 Å². The van der Waals surface area contributed by atoms with Gasteiger partial charge in [-0.3, -0.25) is 4.79 Å². The number of nitrogens with one attached hydrogen (secondary N) is 1. The summed E-state index contributed by atoms with van der Waals surface area (Å²) in [5.41, 5.74) is 3.40. The van der Waals surface area contributed by atoms with Gasteiger partial charge in [0.05, 0.1) is 31.9 Å². The smallest absolute Gasteiger partial charge is 0.255 e. The minimum atomic E-state index is -4.06. The lowest BCUT2D eigenvalue weighted by Gasteiger charge is -2.22. The van der Waals surface area contributed by atoms with Crippen LogP contribution in [0, 0.1) is 0 Å². The van der Waals surface area contributed by atoms with Crippen molar-refractivity contribution in [1.82, 2.24) is 9.73 Å². The fourth-order valence-electron chi connectivity index (χ4n) is 3.20. The average Bonchev–Trinajstić information content (AvgIpc) is 2.85. The number of carbonyl (C=O) groups is 1. The Morgan fingerprint density at radius 3 is 2.44 bits per heavy atom. The molecule has 0 aliphatic carbocycles. The van der Waals surface area contributed by atoms with Gasteiger partial charge in [0.15, 0.2) is 11.5 Å². The summed E-state index contributed by atoms with van der Waals surface area (Å²) in [6, 6.07) is 16.0. The molecule has 0 aliphatic heterocycles. The zero-order valence-electron chi connectivity index (χ0n) is 19.2. The molecule has 12 heteroatoms. The maximum absolute atomic E-state index is 13.4. The van der Waals surface area contributed by atoms with Crippen molar-refractivity contribution in [3.63, 3.8) is 0 Å². The van der Waals surface area contributed by atoms with E-state index in [9.17, 15) is 13.2 Å². The number of sulfonamides is 1. The summed E-state index contributed by atoms with van der Waals surface area (Å²) in [6.45, 7) is -0.667. The van der Waals surface area contributed by atoms with Gasteiger partial charge in [0.2, 0.25) is 10.0 Å². The van der Waals surface area contributed by atoms with E-state index in [4.69, 9.17) is 32.7 Å². The summed E-state index contributed by atoms with van der Waals surface area (Å²) < 4.78 is 39.1. The average molecular weight is 615 g/mol. The summed E-state index contributed by atoms with van der Waals surface area (Å²) >= 11 is 15.5. The molecule has 3 aromatic rings. The number of para-hydroxylation sites is 1. The van der Waals surface area contributed by atoms with Crippen molar-refractivity contribution in [1.29, 1.82) is 0 Å². The van der Waals surface area contributed by atoms with Gasteiger partial charge in [-0.15, -0.1) is 0 Å². The molecule has 1 N–H and O–H groups in total. The molecule has 0 radical (unpaired) electrons. The first kappa shape index (κ1) is 27.9. The van der Waals surface area contributed by atoms with Crippen LogP contribution in [0.4, 0.5) is 0 Å². The van der Waals surface area contributed by atoms with Crippen LogP contribution in [0.25, 0.3) is 0 Å². The Bertz CT molecular complexity index is 1370. The lowest BCUT2D eigenvalue weighted by Crippen LogP contribution is -2.39. The highest BCUT2D eigenvalue weighted by Crippen LogP contribution is 2.29. The van der Waals surface area contributed by atoms with Crippen LogP contribution < -0.4 is 14.9 Å². The van der Waals surface area contributed by atoms with Crippen molar-refractivity contribution < 1.29 is 22.7 Å². The second kappa shape index (κ2) is 12.6. The molecule has 0 unspecified atom stereocenters. The molecule has 0 bridgehead atoms. The Morgan fingerprint density at radius 2 is 1.81 bits per heavy atom. The zero-order chi connectivity index (χ0) is 26.3. The quantitative estimate of drug-likeness (QED) is 0.253. The number of methoxy groups -OCH3 is 2. The van der Waals surface area contributed by atoms with Crippen LogP contribution in [-0.4, -0.2) is 45.6 Å². The molecule has 1 amide bonds. The maximum Gasteiger partial charge on any atom is 0.255 e. The van der Waals surface area contributed by atoms with Crippen molar-refractivity contribution in [2.24, 2.45) is 5.10 Å². The number of halogens is 3. The van der Waals surface area contributed by atoms with E-state index in [1.54, 1.807) is 42.5 Å². The first-order chi connectivity index (χ1) is 17.1. The molecular weight excluding hydrogens is 593 g/mol. The lowest BCUT2D eigenvalue weighted by molar-refractivity contribution is -0.121. The third kappa shape index (κ3) is 6.98. The predicted molar refractivity (Wildman–Crippen MR) is 143 cm³/mol. The number of carbonyl (C=O) groups excluding carboxylic acids is 1. The summed E-state index contributed by atoms with van der Waals surface area (Å²) in [5, 5.41) is 4.64. The summed E-state index contributed by atoms with van der Waals surface area (Å²) in [5.74, 6) is 0.285. The largest absolute Gasteiger partial charge is 0.493 e. The van der Waals surface area contributed by atoms with E-state index < -0.39 is 22.5 Å². The van der Waals surface area contributed by atoms with E-state index in [1.165, 1.54) is 38.6 Å². The number of amides is 1. The van der Waals surface area contributed by atoms with E-state index >= 15 is 0 Å². The Kier molecular flexibility index (Phi) is 9.75. The van der Waals surface area contributed by atoms with Gasteiger partial charge < -0.3 is 9.47 Å². The van der Waals surface area contributed by atoms with E-state index in [2.05, 4.69) is 26.5 Å². The Labute approximate surface area is 228 Å². The first-order valence-corrected chi connectivity index (χ1v) is 13.4. The number of hydrogen-bond donors (Lipinski definition) is 1. The SMILES string of the molecule is COc1cccc(/C=N/NC(=O)CN(Cc2ccc(Cl)cc2Cl)S(=O)(=O)c2ccc(Br)cc2)c1OC. The molecule has 0 fully saturated rings. The highest BCUT2D eigenvalue weighted by Gasteiger charge is 2.27. The predicted octanol–water partition coefficient (Wildman–Crippen LogP) is 5.11. The van der Waals surface area contributed by atoms with Crippen LogP contribution in [0.2, 0.25) is 10.0 Å². The lowest BCUT2D eigenvalue weighted by atomic mass is 10.2. The fourth-order valence-corrected chi connectivity index (χ4v) is 5.31. The summed E-state index contributed by atoms with van der Waals surface area (Å²) in [6.07, 6.45) is 1.38. The van der Waals surface area contributed by atoms with Gasteiger partial charge in [0.1, 0.15) is 0 Å². The molecule has 0 aliphatic rings. The molecule has 8 nitrogen and oxygen atoms in total. The number of hydrogen-bond acceptors (Lipinski definition) is 6. The Morgan fingerprint density at radius 1 is 1.08 bits per heavy atom. The second-order valence-electron chi connectivity index (χ2n) is 7.34. The molecule has 190 valence electrons. The van der Waals surface area contributed by atoms with E-state index in [0.717, 1.165) is 4.31 Å². The number of rotatable bonds is 10. The zero-order valence-corrected chi connectivity index (χ0v) is 23.2. The van der Waals surface area contributed by atoms with Gasteiger partial charge in [-0.2, -0.15) is 9.41 Å². The standard InChI is InChI=1S/C24H22BrCl2N3O5S/c1-34-22-5-3-4-16(24(22)35-2)13-28-29-23(31)15-30(14-17-6-9-19(26)12-21(17)27)36(32,33)20-10-7-18(25)8-11-20/h3-13H,14-15H2,1-2H3,(H,29,31)/b28-13+. The highest BCUT2D eigenvalue weighted by atomic mass is 79.9. The molecular formula is C24H22BrCl2N3O5S. The number of ether oxygens (including phenoxy) is 2. The van der Waals surface area contributed by atoms with Gasteiger partial charge in [0.25, 0.3) is 5.91 Å². The molecule has 3 aromatic carbocycles. The van der Waals surface area contributed by atoms with Crippen LogP contribution in [-0.2, 0) is 21.4 Å². The topological polar surface area (TPSA) is 97.3 Å². The van der Waals surface area contributed by atoms with Gasteiger partial charge in [-0.25, -0.2) is 13.8 Å². The van der Waals surface area contributed by atoms with Crippen molar-refractivity contribution in [3.8, 4) is 11.5 Å². The molecule has 0 saturated carbocycles. The van der Waals surface area contributed by atoms with E-state index in [0.29, 0.717) is 32.1 Å². The summed E-state index contributed by atoms with van der Waals surface area (Å²) in [7, 11) is -1.07. The number of hydrazone groups is 1. The second-order valence-corrected chi connectivity index (χ2v) is 11.0. The third-order valence-electron chi connectivity index (χ3n) is 4.96. The van der Waals surface area contributed by atoms with E-state index in [1.807, 2.05) is 0 Å². The summed E-state index contributed by atoms with van der Waals surface area (Å²) in [4.78, 5) is 12.8. The van der Waals surface area contributed by atoms with Crippen LogP contribution in [0.1, 0.15) is 11.1 Å². The molecule has 0 atom stereocenters. The Balaban J connectivity index is 1.84. The molecule has 0 aromatic heterocycles. The Hall–Kier alpha value is -2.63. The van der Waals surface area contributed by atoms with Crippen LogP contribution in [0.3, 0.4) is 0 Å². The monoisotopic (exact) mass is 613 g/mol.